The van der Waals surface area contributed by atoms with Gasteiger partial charge in [-0.1, -0.05) is 49.4 Å². The van der Waals surface area contributed by atoms with Crippen LogP contribution in [0.2, 0.25) is 0 Å². The highest BCUT2D eigenvalue weighted by atomic mass is 19.4. The molecule has 0 atom stereocenters. The van der Waals surface area contributed by atoms with Crippen LogP contribution in [0.25, 0.3) is 21.9 Å². The molecule has 0 N–H and O–H groups in total. The number of ether oxygens (including phenoxy) is 1. The summed E-state index contributed by atoms with van der Waals surface area (Å²) in [5.41, 5.74) is 1.94. The third-order valence-corrected chi connectivity index (χ3v) is 3.83. The van der Waals surface area contributed by atoms with E-state index in [2.05, 4.69) is 4.74 Å². The van der Waals surface area contributed by atoms with Gasteiger partial charge in [0.15, 0.2) is 0 Å². The van der Waals surface area contributed by atoms with Crippen molar-refractivity contribution < 1.29 is 22.3 Å². The molecule has 24 heavy (non-hydrogen) atoms. The normalized spacial score (nSPS) is 11.7. The molecular weight excluding hydrogens is 320 g/mol. The summed E-state index contributed by atoms with van der Waals surface area (Å²) in [6.07, 6.45) is -3.88. The summed E-state index contributed by atoms with van der Waals surface area (Å²) < 4.78 is 55.1. The molecule has 124 valence electrons. The molecule has 3 aromatic carbocycles. The first-order valence-electron chi connectivity index (χ1n) is 7.44. The maximum atomic E-state index is 14.8. The molecule has 5 heteroatoms. The highest BCUT2D eigenvalue weighted by Gasteiger charge is 2.31. The molecule has 0 bridgehead atoms. The quantitative estimate of drug-likeness (QED) is 0.525. The van der Waals surface area contributed by atoms with Gasteiger partial charge in [0.05, 0.1) is 0 Å². The van der Waals surface area contributed by atoms with E-state index in [4.69, 9.17) is 0 Å². The number of fused-ring (bicyclic) bond motifs is 1. The van der Waals surface area contributed by atoms with Gasteiger partial charge in [-0.15, -0.1) is 13.2 Å². The minimum atomic E-state index is -4.74. The standard InChI is InChI=1S/C19H14F4O/c1-2-12-3-9-17-14(11-12)6-10-16(18(17)20)13-4-7-15(8-5-13)24-19(21,22)23/h3-11H,2H2,1H3. The first kappa shape index (κ1) is 16.3. The Bertz CT molecular complexity index is 867. The molecule has 1 nitrogen and oxygen atoms in total. The minimum absolute atomic E-state index is 0.333. The van der Waals surface area contributed by atoms with E-state index in [-0.39, 0.29) is 11.6 Å². The molecule has 0 aromatic heterocycles. The molecule has 0 aliphatic carbocycles. The van der Waals surface area contributed by atoms with Crippen molar-refractivity contribution in [2.75, 3.05) is 0 Å². The van der Waals surface area contributed by atoms with Crippen LogP contribution in [0.15, 0.2) is 54.6 Å². The Morgan fingerprint density at radius 2 is 1.62 bits per heavy atom. The summed E-state index contributed by atoms with van der Waals surface area (Å²) in [7, 11) is 0. The first-order chi connectivity index (χ1) is 11.4. The largest absolute Gasteiger partial charge is 0.573 e. The maximum absolute atomic E-state index is 14.8. The Morgan fingerprint density at radius 3 is 2.25 bits per heavy atom. The van der Waals surface area contributed by atoms with Crippen LogP contribution in [0.3, 0.4) is 0 Å². The lowest BCUT2D eigenvalue weighted by Gasteiger charge is -2.11. The molecule has 0 aliphatic rings. The van der Waals surface area contributed by atoms with Gasteiger partial charge in [0, 0.05) is 10.9 Å². The van der Waals surface area contributed by atoms with E-state index in [9.17, 15) is 17.6 Å². The van der Waals surface area contributed by atoms with Crippen LogP contribution in [0.1, 0.15) is 12.5 Å². The summed E-state index contributed by atoms with van der Waals surface area (Å²) in [4.78, 5) is 0. The van der Waals surface area contributed by atoms with Gasteiger partial charge in [0.1, 0.15) is 11.6 Å². The fourth-order valence-corrected chi connectivity index (χ4v) is 2.62. The lowest BCUT2D eigenvalue weighted by molar-refractivity contribution is -0.274. The number of halogens is 4. The summed E-state index contributed by atoms with van der Waals surface area (Å²) >= 11 is 0. The Kier molecular flexibility index (Phi) is 4.18. The molecule has 3 rings (SSSR count). The van der Waals surface area contributed by atoms with E-state index < -0.39 is 6.36 Å². The fourth-order valence-electron chi connectivity index (χ4n) is 2.62. The predicted molar refractivity (Wildman–Crippen MR) is 85.4 cm³/mol. The van der Waals surface area contributed by atoms with Gasteiger partial charge in [-0.3, -0.25) is 0 Å². The van der Waals surface area contributed by atoms with Crippen molar-refractivity contribution in [2.45, 2.75) is 19.7 Å². The summed E-state index contributed by atoms with van der Waals surface area (Å²) in [5, 5.41) is 1.29. The van der Waals surface area contributed by atoms with Gasteiger partial charge >= 0.3 is 6.36 Å². The monoisotopic (exact) mass is 334 g/mol. The van der Waals surface area contributed by atoms with Crippen LogP contribution in [0.4, 0.5) is 17.6 Å². The third kappa shape index (κ3) is 3.35. The zero-order chi connectivity index (χ0) is 17.3. The molecule has 0 heterocycles. The summed E-state index contributed by atoms with van der Waals surface area (Å²) in [6, 6.07) is 14.1. The van der Waals surface area contributed by atoms with Crippen LogP contribution in [-0.2, 0) is 6.42 Å². The molecule has 0 radical (unpaired) electrons. The SMILES string of the molecule is CCc1ccc2c(F)c(-c3ccc(OC(F)(F)F)cc3)ccc2c1. The lowest BCUT2D eigenvalue weighted by Crippen LogP contribution is -2.16. The van der Waals surface area contributed by atoms with Crippen molar-refractivity contribution >= 4 is 10.8 Å². The molecule has 0 spiro atoms. The van der Waals surface area contributed by atoms with Crippen LogP contribution >= 0.6 is 0 Å². The van der Waals surface area contributed by atoms with Crippen molar-refractivity contribution in [3.63, 3.8) is 0 Å². The summed E-state index contributed by atoms with van der Waals surface area (Å²) in [5.74, 6) is -0.723. The second-order valence-electron chi connectivity index (χ2n) is 5.41. The number of hydrogen-bond donors (Lipinski definition) is 0. The minimum Gasteiger partial charge on any atom is -0.406 e. The Balaban J connectivity index is 1.98. The highest BCUT2D eigenvalue weighted by Crippen LogP contribution is 2.31. The zero-order valence-electron chi connectivity index (χ0n) is 12.8. The van der Waals surface area contributed by atoms with Crippen molar-refractivity contribution in [3.8, 4) is 16.9 Å². The molecule has 3 aromatic rings. The van der Waals surface area contributed by atoms with Crippen molar-refractivity contribution in [1.29, 1.82) is 0 Å². The molecule has 0 amide bonds. The van der Waals surface area contributed by atoms with Gasteiger partial charge in [-0.05, 0) is 35.1 Å². The van der Waals surface area contributed by atoms with Gasteiger partial charge in [0.25, 0.3) is 0 Å². The molecule has 0 fully saturated rings. The second-order valence-corrected chi connectivity index (χ2v) is 5.41. The van der Waals surface area contributed by atoms with Crippen LogP contribution < -0.4 is 4.74 Å². The van der Waals surface area contributed by atoms with Crippen molar-refractivity contribution in [1.82, 2.24) is 0 Å². The number of hydrogen-bond acceptors (Lipinski definition) is 1. The topological polar surface area (TPSA) is 9.23 Å². The number of rotatable bonds is 3. The van der Waals surface area contributed by atoms with E-state index >= 15 is 0 Å². The lowest BCUT2D eigenvalue weighted by atomic mass is 9.98. The number of alkyl halides is 3. The van der Waals surface area contributed by atoms with Gasteiger partial charge < -0.3 is 4.74 Å². The van der Waals surface area contributed by atoms with Crippen LogP contribution in [-0.4, -0.2) is 6.36 Å². The predicted octanol–water partition coefficient (Wildman–Crippen LogP) is 6.11. The van der Waals surface area contributed by atoms with Gasteiger partial charge in [0.2, 0.25) is 0 Å². The molecule has 0 unspecified atom stereocenters. The second kappa shape index (κ2) is 6.15. The zero-order valence-corrected chi connectivity index (χ0v) is 12.8. The Labute approximate surface area is 136 Å². The first-order valence-corrected chi connectivity index (χ1v) is 7.44. The van der Waals surface area contributed by atoms with E-state index in [1.165, 1.54) is 24.3 Å². The van der Waals surface area contributed by atoms with E-state index in [0.29, 0.717) is 16.5 Å². The van der Waals surface area contributed by atoms with E-state index in [0.717, 1.165) is 17.4 Å². The summed E-state index contributed by atoms with van der Waals surface area (Å²) in [6.45, 7) is 2.02. The van der Waals surface area contributed by atoms with Gasteiger partial charge in [-0.2, -0.15) is 0 Å². The van der Waals surface area contributed by atoms with Crippen LogP contribution in [0.5, 0.6) is 5.75 Å². The molecule has 0 saturated carbocycles. The number of benzene rings is 3. The van der Waals surface area contributed by atoms with Gasteiger partial charge in [-0.25, -0.2) is 4.39 Å². The molecule has 0 aliphatic heterocycles. The Hall–Kier alpha value is -2.56. The molecule has 0 saturated heterocycles. The van der Waals surface area contributed by atoms with Crippen molar-refractivity contribution in [2.24, 2.45) is 0 Å². The maximum Gasteiger partial charge on any atom is 0.573 e. The smallest absolute Gasteiger partial charge is 0.406 e. The van der Waals surface area contributed by atoms with Crippen molar-refractivity contribution in [3.05, 3.63) is 66.0 Å². The third-order valence-electron chi connectivity index (χ3n) is 3.83. The van der Waals surface area contributed by atoms with E-state index in [1.807, 2.05) is 25.1 Å². The van der Waals surface area contributed by atoms with Crippen LogP contribution in [0, 0.1) is 5.82 Å². The Morgan fingerprint density at radius 1 is 0.917 bits per heavy atom. The fraction of sp³-hybridized carbons (Fsp3) is 0.158. The van der Waals surface area contributed by atoms with E-state index in [1.54, 1.807) is 12.1 Å². The number of aryl methyl sites for hydroxylation is 1. The average molecular weight is 334 g/mol. The molecular formula is C19H14F4O. The highest BCUT2D eigenvalue weighted by molar-refractivity contribution is 5.88. The average Bonchev–Trinajstić information content (AvgIpc) is 2.54.